The Morgan fingerprint density at radius 2 is 1.91 bits per heavy atom. The number of rotatable bonds is 8. The molecule has 0 bridgehead atoms. The normalized spacial score (nSPS) is 13.4. The average molecular weight is 494 g/mol. The Bertz CT molecular complexity index is 1520. The van der Waals surface area contributed by atoms with Gasteiger partial charge in [-0.25, -0.2) is 31.7 Å². The van der Waals surface area contributed by atoms with Crippen molar-refractivity contribution in [1.82, 2.24) is 35.3 Å². The summed E-state index contributed by atoms with van der Waals surface area (Å²) in [5.41, 5.74) is 7.05. The molecule has 0 saturated carbocycles. The maximum Gasteiger partial charge on any atom is 0.242 e. The molecule has 0 aliphatic heterocycles. The first-order chi connectivity index (χ1) is 15.6. The number of hydrogen-bond acceptors (Lipinski definition) is 10. The van der Waals surface area contributed by atoms with E-state index in [1.807, 2.05) is 0 Å². The van der Waals surface area contributed by atoms with Gasteiger partial charge in [-0.05, 0) is 22.9 Å². The lowest BCUT2D eigenvalue weighted by molar-refractivity contribution is 0.186. The van der Waals surface area contributed by atoms with Gasteiger partial charge in [-0.15, -0.1) is 10.2 Å². The van der Waals surface area contributed by atoms with E-state index in [0.717, 1.165) is 6.07 Å². The van der Waals surface area contributed by atoms with Crippen molar-refractivity contribution in [3.63, 3.8) is 0 Å². The number of aromatic nitrogens is 6. The standard InChI is InChI=1S/C17H19N9O5S2/c18-6-9(27)7-22-33(30,31)13-5-4-10(11-2-1-3-12-15(11)21-8-20-12)14(16(13)32(19,28)29)17-23-25-26-24-17/h1-5,8-9,22,27H,6-7,18H2,(H,20,21)(H2,19,28,29)(H,23,24,25,26). The number of benzene rings is 2. The van der Waals surface area contributed by atoms with Crippen LogP contribution in [-0.4, -0.2) is 71.7 Å². The van der Waals surface area contributed by atoms with Crippen LogP contribution in [-0.2, 0) is 20.0 Å². The zero-order chi connectivity index (χ0) is 23.8. The summed E-state index contributed by atoms with van der Waals surface area (Å²) >= 11 is 0. The van der Waals surface area contributed by atoms with Gasteiger partial charge in [0.15, 0.2) is 0 Å². The van der Waals surface area contributed by atoms with Gasteiger partial charge >= 0.3 is 0 Å². The van der Waals surface area contributed by atoms with Crippen LogP contribution in [0.1, 0.15) is 0 Å². The number of nitrogens with two attached hydrogens (primary N) is 2. The van der Waals surface area contributed by atoms with Crippen molar-refractivity contribution in [2.24, 2.45) is 10.9 Å². The van der Waals surface area contributed by atoms with Crippen LogP contribution >= 0.6 is 0 Å². The lowest BCUT2D eigenvalue weighted by Gasteiger charge is -2.17. The fourth-order valence-electron chi connectivity index (χ4n) is 3.32. The quantitative estimate of drug-likeness (QED) is 0.169. The van der Waals surface area contributed by atoms with Crippen molar-refractivity contribution < 1.29 is 21.9 Å². The number of aromatic amines is 2. The van der Waals surface area contributed by atoms with Gasteiger partial charge in [0.05, 0.1) is 29.0 Å². The molecule has 2 aromatic carbocycles. The van der Waals surface area contributed by atoms with Gasteiger partial charge in [0.25, 0.3) is 0 Å². The molecular formula is C17H19N9O5S2. The zero-order valence-corrected chi connectivity index (χ0v) is 18.4. The van der Waals surface area contributed by atoms with Crippen LogP contribution in [0.25, 0.3) is 33.5 Å². The monoisotopic (exact) mass is 493 g/mol. The Balaban J connectivity index is 2.05. The van der Waals surface area contributed by atoms with Gasteiger partial charge in [0.2, 0.25) is 25.9 Å². The summed E-state index contributed by atoms with van der Waals surface area (Å²) in [6, 6.07) is 7.66. The second kappa shape index (κ2) is 8.58. The molecular weight excluding hydrogens is 474 g/mol. The molecule has 8 N–H and O–H groups in total. The number of nitrogens with zero attached hydrogens (tertiary/aromatic N) is 4. The minimum atomic E-state index is -4.64. The highest BCUT2D eigenvalue weighted by Gasteiger charge is 2.32. The number of tetrazole rings is 1. The molecule has 0 amide bonds. The summed E-state index contributed by atoms with van der Waals surface area (Å²) in [5.74, 6) is -0.194. The lowest BCUT2D eigenvalue weighted by atomic mass is 9.98. The summed E-state index contributed by atoms with van der Waals surface area (Å²) < 4.78 is 53.6. The largest absolute Gasteiger partial charge is 0.390 e. The number of imidazole rings is 1. The third-order valence-corrected chi connectivity index (χ3v) is 7.37. The number of H-pyrrole nitrogens is 2. The number of aliphatic hydroxyl groups is 1. The van der Waals surface area contributed by atoms with E-state index in [1.165, 1.54) is 12.4 Å². The van der Waals surface area contributed by atoms with Crippen LogP contribution in [0.5, 0.6) is 0 Å². The van der Waals surface area contributed by atoms with Gasteiger partial charge in [-0.2, -0.15) is 5.21 Å². The number of nitrogens with one attached hydrogen (secondary N) is 3. The second-order valence-corrected chi connectivity index (χ2v) is 10.2. The number of aliphatic hydroxyl groups excluding tert-OH is 1. The van der Waals surface area contributed by atoms with E-state index in [-0.39, 0.29) is 23.5 Å². The maximum atomic E-state index is 13.0. The predicted octanol–water partition coefficient (Wildman–Crippen LogP) is -1.34. The van der Waals surface area contributed by atoms with E-state index in [1.54, 1.807) is 18.2 Å². The van der Waals surface area contributed by atoms with Gasteiger partial charge in [0.1, 0.15) is 9.79 Å². The Morgan fingerprint density at radius 1 is 1.12 bits per heavy atom. The van der Waals surface area contributed by atoms with Crippen LogP contribution in [0.3, 0.4) is 0 Å². The highest BCUT2D eigenvalue weighted by Crippen LogP contribution is 2.40. The van der Waals surface area contributed by atoms with Crippen molar-refractivity contribution in [3.8, 4) is 22.5 Å². The molecule has 2 heterocycles. The Labute approximate surface area is 187 Å². The average Bonchev–Trinajstić information content (AvgIpc) is 3.47. The Morgan fingerprint density at radius 3 is 2.58 bits per heavy atom. The van der Waals surface area contributed by atoms with Crippen LogP contribution in [0.4, 0.5) is 0 Å². The molecule has 0 saturated heterocycles. The highest BCUT2D eigenvalue weighted by atomic mass is 32.2. The van der Waals surface area contributed by atoms with Gasteiger partial charge in [0, 0.05) is 18.7 Å². The molecule has 0 aliphatic rings. The third kappa shape index (κ3) is 4.34. The molecule has 4 rings (SSSR count). The molecule has 174 valence electrons. The van der Waals surface area contributed by atoms with E-state index in [2.05, 4.69) is 35.3 Å². The fourth-order valence-corrected chi connectivity index (χ4v) is 5.99. The molecule has 16 heteroatoms. The number of fused-ring (bicyclic) bond motifs is 1. The van der Waals surface area contributed by atoms with Crippen molar-refractivity contribution in [3.05, 3.63) is 36.7 Å². The Kier molecular flexibility index (Phi) is 5.95. The van der Waals surface area contributed by atoms with E-state index < -0.39 is 42.5 Å². The molecule has 2 aromatic heterocycles. The molecule has 0 aliphatic carbocycles. The number of sulfonamides is 2. The van der Waals surface area contributed by atoms with Crippen molar-refractivity contribution >= 4 is 31.1 Å². The molecule has 4 aromatic rings. The minimum Gasteiger partial charge on any atom is -0.390 e. The SMILES string of the molecule is NCC(O)CNS(=O)(=O)c1ccc(-c2cccc3[nH]cnc23)c(-c2nn[nH]n2)c1S(N)(=O)=O. The first kappa shape index (κ1) is 22.9. The number of para-hydroxylation sites is 1. The summed E-state index contributed by atoms with van der Waals surface area (Å²) in [6.07, 6.45) is 0.291. The predicted molar refractivity (Wildman–Crippen MR) is 116 cm³/mol. The fraction of sp³-hybridized carbons (Fsp3) is 0.176. The third-order valence-electron chi connectivity index (χ3n) is 4.79. The van der Waals surface area contributed by atoms with Crippen LogP contribution < -0.4 is 15.6 Å². The summed E-state index contributed by atoms with van der Waals surface area (Å²) in [4.78, 5) is 5.84. The van der Waals surface area contributed by atoms with Crippen molar-refractivity contribution in [2.75, 3.05) is 13.1 Å². The zero-order valence-electron chi connectivity index (χ0n) is 16.8. The van der Waals surface area contributed by atoms with E-state index in [9.17, 15) is 21.9 Å². The van der Waals surface area contributed by atoms with E-state index in [0.29, 0.717) is 16.6 Å². The van der Waals surface area contributed by atoms with Crippen LogP contribution in [0.2, 0.25) is 0 Å². The van der Waals surface area contributed by atoms with E-state index in [4.69, 9.17) is 10.9 Å². The summed E-state index contributed by atoms with van der Waals surface area (Å²) in [5, 5.41) is 28.5. The molecule has 1 unspecified atom stereocenters. The summed E-state index contributed by atoms with van der Waals surface area (Å²) in [6.45, 7) is -0.639. The first-order valence-corrected chi connectivity index (χ1v) is 12.4. The molecule has 33 heavy (non-hydrogen) atoms. The van der Waals surface area contributed by atoms with E-state index >= 15 is 0 Å². The minimum absolute atomic E-state index is 0.177. The highest BCUT2D eigenvalue weighted by molar-refractivity contribution is 7.92. The van der Waals surface area contributed by atoms with Gasteiger partial charge in [-0.1, -0.05) is 18.2 Å². The molecule has 0 radical (unpaired) electrons. The Hall–Kier alpha value is -3.28. The molecule has 1 atom stereocenters. The maximum absolute atomic E-state index is 13.0. The number of primary sulfonamides is 1. The summed E-state index contributed by atoms with van der Waals surface area (Å²) in [7, 11) is -9.10. The molecule has 14 nitrogen and oxygen atoms in total. The van der Waals surface area contributed by atoms with Crippen molar-refractivity contribution in [2.45, 2.75) is 15.9 Å². The van der Waals surface area contributed by atoms with Crippen LogP contribution in [0, 0.1) is 0 Å². The van der Waals surface area contributed by atoms with Gasteiger partial charge in [-0.3, -0.25) is 0 Å². The lowest BCUT2D eigenvalue weighted by Crippen LogP contribution is -2.36. The molecule has 0 fully saturated rings. The number of hydrogen-bond donors (Lipinski definition) is 6. The van der Waals surface area contributed by atoms with Crippen LogP contribution in [0.15, 0.2) is 46.5 Å². The van der Waals surface area contributed by atoms with Crippen molar-refractivity contribution in [1.29, 1.82) is 0 Å². The first-order valence-electron chi connectivity index (χ1n) is 9.37. The van der Waals surface area contributed by atoms with Gasteiger partial charge < -0.3 is 15.8 Å². The smallest absolute Gasteiger partial charge is 0.242 e. The topological polar surface area (TPSA) is 236 Å². The second-order valence-electron chi connectivity index (χ2n) is 6.94. The molecule has 0 spiro atoms.